The predicted octanol–water partition coefficient (Wildman–Crippen LogP) is 2.40. The molecule has 4 heteroatoms. The van der Waals surface area contributed by atoms with Gasteiger partial charge in [0, 0.05) is 37.5 Å². The maximum absolute atomic E-state index is 12.1. The second kappa shape index (κ2) is 4.88. The molecule has 0 amide bonds. The molecule has 1 aromatic carbocycles. The Bertz CT molecular complexity index is 603. The zero-order chi connectivity index (χ0) is 13.2. The standard InChI is InChI=1S/C15H17N3O/c1-17-10-8-12(16-17)11-18-9-4-7-15(19)13-5-2-3-6-14(13)18/h2-3,5-6,8,10H,4,7,9,11H2,1H3. The molecule has 0 bridgehead atoms. The van der Waals surface area contributed by atoms with Crippen LogP contribution in [0.5, 0.6) is 0 Å². The third-order valence-corrected chi connectivity index (χ3v) is 3.50. The van der Waals surface area contributed by atoms with Crippen molar-refractivity contribution in [1.29, 1.82) is 0 Å². The van der Waals surface area contributed by atoms with Crippen molar-refractivity contribution in [2.24, 2.45) is 7.05 Å². The predicted molar refractivity (Wildman–Crippen MR) is 74.3 cm³/mol. The van der Waals surface area contributed by atoms with Gasteiger partial charge in [0.15, 0.2) is 5.78 Å². The van der Waals surface area contributed by atoms with Gasteiger partial charge in [-0.2, -0.15) is 5.10 Å². The molecule has 0 saturated carbocycles. The molecule has 19 heavy (non-hydrogen) atoms. The van der Waals surface area contributed by atoms with Crippen molar-refractivity contribution < 1.29 is 4.79 Å². The molecule has 0 atom stereocenters. The first-order valence-electron chi connectivity index (χ1n) is 6.60. The molecular weight excluding hydrogens is 238 g/mol. The average molecular weight is 255 g/mol. The maximum Gasteiger partial charge on any atom is 0.165 e. The molecule has 0 saturated heterocycles. The fourth-order valence-electron chi connectivity index (χ4n) is 2.58. The summed E-state index contributed by atoms with van der Waals surface area (Å²) in [6.45, 7) is 1.66. The number of benzene rings is 1. The molecule has 0 fully saturated rings. The van der Waals surface area contributed by atoms with Crippen LogP contribution in [0, 0.1) is 0 Å². The molecule has 1 aromatic heterocycles. The molecule has 3 rings (SSSR count). The van der Waals surface area contributed by atoms with Crippen molar-refractivity contribution in [2.45, 2.75) is 19.4 Å². The lowest BCUT2D eigenvalue weighted by atomic mass is 10.1. The molecule has 2 aromatic rings. The number of anilines is 1. The summed E-state index contributed by atoms with van der Waals surface area (Å²) < 4.78 is 1.81. The number of carbonyl (C=O) groups is 1. The van der Waals surface area contributed by atoms with E-state index in [9.17, 15) is 4.79 Å². The minimum Gasteiger partial charge on any atom is -0.365 e. The van der Waals surface area contributed by atoms with E-state index in [1.54, 1.807) is 0 Å². The van der Waals surface area contributed by atoms with E-state index in [0.29, 0.717) is 6.42 Å². The van der Waals surface area contributed by atoms with E-state index in [2.05, 4.69) is 10.00 Å². The van der Waals surface area contributed by atoms with Crippen LogP contribution >= 0.6 is 0 Å². The lowest BCUT2D eigenvalue weighted by Crippen LogP contribution is -2.23. The van der Waals surface area contributed by atoms with Gasteiger partial charge >= 0.3 is 0 Å². The minimum absolute atomic E-state index is 0.249. The van der Waals surface area contributed by atoms with Crippen LogP contribution in [0.15, 0.2) is 36.5 Å². The van der Waals surface area contributed by atoms with E-state index < -0.39 is 0 Å². The number of aromatic nitrogens is 2. The second-order valence-corrected chi connectivity index (χ2v) is 4.95. The van der Waals surface area contributed by atoms with Crippen molar-refractivity contribution in [2.75, 3.05) is 11.4 Å². The van der Waals surface area contributed by atoms with Gasteiger partial charge in [-0.3, -0.25) is 9.48 Å². The summed E-state index contributed by atoms with van der Waals surface area (Å²) in [6.07, 6.45) is 3.49. The molecule has 0 radical (unpaired) electrons. The molecule has 4 nitrogen and oxygen atoms in total. The summed E-state index contributed by atoms with van der Waals surface area (Å²) in [5.74, 6) is 0.249. The first-order chi connectivity index (χ1) is 9.24. The Morgan fingerprint density at radius 3 is 2.89 bits per heavy atom. The summed E-state index contributed by atoms with van der Waals surface area (Å²) in [7, 11) is 1.92. The van der Waals surface area contributed by atoms with Crippen LogP contribution in [0.1, 0.15) is 28.9 Å². The third kappa shape index (κ3) is 2.38. The lowest BCUT2D eigenvalue weighted by Gasteiger charge is -2.23. The smallest absolute Gasteiger partial charge is 0.165 e. The fraction of sp³-hybridized carbons (Fsp3) is 0.333. The molecule has 0 unspecified atom stereocenters. The molecule has 0 N–H and O–H groups in total. The van der Waals surface area contributed by atoms with Gasteiger partial charge in [0.05, 0.1) is 12.2 Å². The fourth-order valence-corrected chi connectivity index (χ4v) is 2.58. The van der Waals surface area contributed by atoms with E-state index in [1.165, 1.54) is 0 Å². The lowest BCUT2D eigenvalue weighted by molar-refractivity contribution is 0.0984. The molecule has 0 aliphatic carbocycles. The van der Waals surface area contributed by atoms with E-state index in [1.807, 2.05) is 48.3 Å². The Morgan fingerprint density at radius 2 is 2.11 bits per heavy atom. The Labute approximate surface area is 112 Å². The molecule has 1 aliphatic heterocycles. The van der Waals surface area contributed by atoms with Crippen molar-refractivity contribution in [3.05, 3.63) is 47.8 Å². The summed E-state index contributed by atoms with van der Waals surface area (Å²) in [6, 6.07) is 9.90. The number of aryl methyl sites for hydroxylation is 1. The van der Waals surface area contributed by atoms with Gasteiger partial charge in [0.2, 0.25) is 0 Å². The van der Waals surface area contributed by atoms with Crippen molar-refractivity contribution in [3.8, 4) is 0 Å². The topological polar surface area (TPSA) is 38.1 Å². The number of ketones is 1. The highest BCUT2D eigenvalue weighted by Gasteiger charge is 2.20. The van der Waals surface area contributed by atoms with Gasteiger partial charge in [-0.25, -0.2) is 0 Å². The third-order valence-electron chi connectivity index (χ3n) is 3.50. The molecule has 98 valence electrons. The van der Waals surface area contributed by atoms with Gasteiger partial charge in [0.1, 0.15) is 0 Å². The van der Waals surface area contributed by atoms with Crippen LogP contribution in [-0.2, 0) is 13.6 Å². The second-order valence-electron chi connectivity index (χ2n) is 4.95. The number of para-hydroxylation sites is 1. The monoisotopic (exact) mass is 255 g/mol. The SMILES string of the molecule is Cn1ccc(CN2CCCC(=O)c3ccccc32)n1. The Kier molecular flexibility index (Phi) is 3.07. The minimum atomic E-state index is 0.249. The van der Waals surface area contributed by atoms with E-state index in [0.717, 1.165) is 36.5 Å². The highest BCUT2D eigenvalue weighted by molar-refractivity contribution is 6.01. The number of rotatable bonds is 2. The normalized spacial score (nSPS) is 15.2. The van der Waals surface area contributed by atoms with Crippen LogP contribution in [0.4, 0.5) is 5.69 Å². The van der Waals surface area contributed by atoms with E-state index in [4.69, 9.17) is 0 Å². The summed E-state index contributed by atoms with van der Waals surface area (Å²) >= 11 is 0. The number of carbonyl (C=O) groups excluding carboxylic acids is 1. The average Bonchev–Trinajstić information content (AvgIpc) is 2.75. The Hall–Kier alpha value is -2.10. The molecule has 2 heterocycles. The number of hydrogen-bond acceptors (Lipinski definition) is 3. The van der Waals surface area contributed by atoms with Gasteiger partial charge in [-0.15, -0.1) is 0 Å². The number of nitrogens with zero attached hydrogens (tertiary/aromatic N) is 3. The first kappa shape index (κ1) is 12.0. The van der Waals surface area contributed by atoms with Crippen LogP contribution in [0.3, 0.4) is 0 Å². The molecule has 1 aliphatic rings. The van der Waals surface area contributed by atoms with E-state index in [-0.39, 0.29) is 5.78 Å². The quantitative estimate of drug-likeness (QED) is 0.827. The highest BCUT2D eigenvalue weighted by atomic mass is 16.1. The summed E-state index contributed by atoms with van der Waals surface area (Å²) in [5, 5.41) is 4.42. The van der Waals surface area contributed by atoms with Gasteiger partial charge in [-0.1, -0.05) is 12.1 Å². The Balaban J connectivity index is 1.93. The summed E-state index contributed by atoms with van der Waals surface area (Å²) in [5.41, 5.74) is 2.92. The first-order valence-corrected chi connectivity index (χ1v) is 6.60. The molecular formula is C15H17N3O. The number of Topliss-reactive ketones (excluding diaryl/α,β-unsaturated/α-hetero) is 1. The van der Waals surface area contributed by atoms with Crippen LogP contribution in [0.2, 0.25) is 0 Å². The highest BCUT2D eigenvalue weighted by Crippen LogP contribution is 2.27. The zero-order valence-corrected chi connectivity index (χ0v) is 11.0. The number of fused-ring (bicyclic) bond motifs is 1. The van der Waals surface area contributed by atoms with Gasteiger partial charge in [0.25, 0.3) is 0 Å². The maximum atomic E-state index is 12.1. The van der Waals surface area contributed by atoms with Gasteiger partial charge < -0.3 is 4.90 Å². The van der Waals surface area contributed by atoms with Crippen molar-refractivity contribution >= 4 is 11.5 Å². The number of hydrogen-bond donors (Lipinski definition) is 0. The Morgan fingerprint density at radius 1 is 1.26 bits per heavy atom. The van der Waals surface area contributed by atoms with Crippen molar-refractivity contribution in [1.82, 2.24) is 9.78 Å². The van der Waals surface area contributed by atoms with Crippen LogP contribution in [-0.4, -0.2) is 22.1 Å². The van der Waals surface area contributed by atoms with Gasteiger partial charge in [-0.05, 0) is 24.6 Å². The van der Waals surface area contributed by atoms with Crippen LogP contribution < -0.4 is 4.90 Å². The molecule has 0 spiro atoms. The van der Waals surface area contributed by atoms with E-state index >= 15 is 0 Å². The largest absolute Gasteiger partial charge is 0.365 e. The van der Waals surface area contributed by atoms with Crippen LogP contribution in [0.25, 0.3) is 0 Å². The zero-order valence-electron chi connectivity index (χ0n) is 11.0. The summed E-state index contributed by atoms with van der Waals surface area (Å²) in [4.78, 5) is 14.3. The van der Waals surface area contributed by atoms with Crippen molar-refractivity contribution in [3.63, 3.8) is 0 Å².